The Morgan fingerprint density at radius 2 is 2.00 bits per heavy atom. The normalized spacial score (nSPS) is 17.1. The lowest BCUT2D eigenvalue weighted by Gasteiger charge is -2.26. The second-order valence-electron chi connectivity index (χ2n) is 5.34. The van der Waals surface area contributed by atoms with Crippen LogP contribution in [-0.4, -0.2) is 17.7 Å². The van der Waals surface area contributed by atoms with Gasteiger partial charge in [0.2, 0.25) is 0 Å². The van der Waals surface area contributed by atoms with Crippen LogP contribution >= 0.6 is 0 Å². The minimum Gasteiger partial charge on any atom is -0.489 e. The van der Waals surface area contributed by atoms with Crippen molar-refractivity contribution < 1.29 is 14.6 Å². The third-order valence-electron chi connectivity index (χ3n) is 3.74. The van der Waals surface area contributed by atoms with Crippen LogP contribution in [0, 0.1) is 0 Å². The molecule has 0 radical (unpaired) electrons. The minimum atomic E-state index is -0.772. The summed E-state index contributed by atoms with van der Waals surface area (Å²) in [6.45, 7) is 6.13. The molecule has 0 aliphatic heterocycles. The van der Waals surface area contributed by atoms with Gasteiger partial charge in [0.25, 0.3) is 0 Å². The van der Waals surface area contributed by atoms with Crippen LogP contribution in [0.15, 0.2) is 36.4 Å². The highest BCUT2D eigenvalue weighted by Gasteiger charge is 2.44. The fraction of sp³-hybridized carbons (Fsp3) is 0.438. The lowest BCUT2D eigenvalue weighted by atomic mass is 9.78. The van der Waals surface area contributed by atoms with Crippen molar-refractivity contribution in [2.45, 2.75) is 38.0 Å². The molecule has 102 valence electrons. The largest absolute Gasteiger partial charge is 0.489 e. The molecule has 1 aromatic carbocycles. The van der Waals surface area contributed by atoms with Gasteiger partial charge in [-0.1, -0.05) is 37.6 Å². The highest BCUT2D eigenvalue weighted by Crippen LogP contribution is 2.44. The molecule has 0 heterocycles. The zero-order valence-electron chi connectivity index (χ0n) is 11.3. The molecular weight excluding hydrogens is 240 g/mol. The number of rotatable bonds is 5. The molecule has 0 atom stereocenters. The number of benzene rings is 1. The molecule has 1 aliphatic rings. The Balaban J connectivity index is 2.37. The van der Waals surface area contributed by atoms with Gasteiger partial charge in [-0.15, -0.1) is 0 Å². The smallest absolute Gasteiger partial charge is 0.314 e. The molecule has 2 rings (SSSR count). The van der Waals surface area contributed by atoms with E-state index in [1.165, 1.54) is 0 Å². The van der Waals surface area contributed by atoms with E-state index in [-0.39, 0.29) is 0 Å². The van der Waals surface area contributed by atoms with Gasteiger partial charge in [-0.3, -0.25) is 4.79 Å². The van der Waals surface area contributed by atoms with Crippen molar-refractivity contribution in [2.75, 3.05) is 6.61 Å². The third kappa shape index (κ3) is 2.65. The Hall–Kier alpha value is -1.77. The molecule has 1 N–H and O–H groups in total. The lowest BCUT2D eigenvalue weighted by molar-refractivity contribution is -0.143. The minimum absolute atomic E-state index is 0.423. The first-order valence-corrected chi connectivity index (χ1v) is 6.66. The van der Waals surface area contributed by atoms with E-state index in [9.17, 15) is 9.90 Å². The maximum Gasteiger partial charge on any atom is 0.314 e. The number of aliphatic carboxylic acids is 1. The third-order valence-corrected chi connectivity index (χ3v) is 3.74. The monoisotopic (exact) mass is 260 g/mol. The summed E-state index contributed by atoms with van der Waals surface area (Å²) in [6.07, 6.45) is 3.30. The first kappa shape index (κ1) is 13.7. The zero-order valence-corrected chi connectivity index (χ0v) is 11.3. The van der Waals surface area contributed by atoms with Gasteiger partial charge < -0.3 is 9.84 Å². The lowest BCUT2D eigenvalue weighted by Crippen LogP contribution is -2.33. The standard InChI is InChI=1S/C16H20O3/c1-12(2)11-19-14-8-4-3-7-13(14)16(15(17)18)9-5-6-10-16/h3-4,7-8H,1,5-6,9-11H2,2H3,(H,17,18). The van der Waals surface area contributed by atoms with E-state index in [4.69, 9.17) is 4.74 Å². The quantitative estimate of drug-likeness (QED) is 0.824. The molecule has 0 aromatic heterocycles. The molecule has 3 heteroatoms. The number of hydrogen-bond acceptors (Lipinski definition) is 2. The van der Waals surface area contributed by atoms with Crippen molar-refractivity contribution in [3.8, 4) is 5.75 Å². The van der Waals surface area contributed by atoms with Crippen LogP contribution in [0.2, 0.25) is 0 Å². The number of hydrogen-bond donors (Lipinski definition) is 1. The predicted molar refractivity (Wildman–Crippen MR) is 74.5 cm³/mol. The molecule has 0 amide bonds. The van der Waals surface area contributed by atoms with Gasteiger partial charge in [-0.05, 0) is 31.4 Å². The zero-order chi connectivity index (χ0) is 13.9. The molecule has 1 fully saturated rings. The highest BCUT2D eigenvalue weighted by molar-refractivity contribution is 5.83. The molecule has 1 aliphatic carbocycles. The van der Waals surface area contributed by atoms with Gasteiger partial charge in [0, 0.05) is 5.56 Å². The van der Waals surface area contributed by atoms with E-state index in [0.29, 0.717) is 25.2 Å². The fourth-order valence-corrected chi connectivity index (χ4v) is 2.77. The topological polar surface area (TPSA) is 46.5 Å². The maximum atomic E-state index is 11.7. The van der Waals surface area contributed by atoms with Crippen LogP contribution in [0.25, 0.3) is 0 Å². The van der Waals surface area contributed by atoms with E-state index in [1.807, 2.05) is 31.2 Å². The Bertz CT molecular complexity index is 485. The van der Waals surface area contributed by atoms with Crippen molar-refractivity contribution in [2.24, 2.45) is 0 Å². The number of para-hydroxylation sites is 1. The van der Waals surface area contributed by atoms with Crippen molar-refractivity contribution >= 4 is 5.97 Å². The van der Waals surface area contributed by atoms with Gasteiger partial charge in [0.05, 0.1) is 5.41 Å². The van der Waals surface area contributed by atoms with Crippen LogP contribution in [0.5, 0.6) is 5.75 Å². The Kier molecular flexibility index (Phi) is 3.93. The Morgan fingerprint density at radius 3 is 2.58 bits per heavy atom. The molecule has 0 unspecified atom stereocenters. The van der Waals surface area contributed by atoms with Crippen molar-refractivity contribution in [1.29, 1.82) is 0 Å². The second-order valence-corrected chi connectivity index (χ2v) is 5.34. The van der Waals surface area contributed by atoms with E-state index in [2.05, 4.69) is 6.58 Å². The summed E-state index contributed by atoms with van der Waals surface area (Å²) in [4.78, 5) is 11.7. The average Bonchev–Trinajstić information content (AvgIpc) is 2.87. The number of carbonyl (C=O) groups is 1. The summed E-state index contributed by atoms with van der Waals surface area (Å²) >= 11 is 0. The van der Waals surface area contributed by atoms with Crippen molar-refractivity contribution in [1.82, 2.24) is 0 Å². The summed E-state index contributed by atoms with van der Waals surface area (Å²) in [5, 5.41) is 9.65. The summed E-state index contributed by atoms with van der Waals surface area (Å²) < 4.78 is 5.72. The predicted octanol–water partition coefficient (Wildman–Crippen LogP) is 3.54. The maximum absolute atomic E-state index is 11.7. The van der Waals surface area contributed by atoms with Crippen LogP contribution in [-0.2, 0) is 10.2 Å². The van der Waals surface area contributed by atoms with Crippen LogP contribution in [0.4, 0.5) is 0 Å². The molecule has 1 aromatic rings. The Labute approximate surface area is 113 Å². The molecule has 19 heavy (non-hydrogen) atoms. The number of carboxylic acid groups (broad SMARTS) is 1. The molecule has 1 saturated carbocycles. The van der Waals surface area contributed by atoms with Gasteiger partial charge in [0.15, 0.2) is 0 Å². The summed E-state index contributed by atoms with van der Waals surface area (Å²) in [5.41, 5.74) is 0.956. The van der Waals surface area contributed by atoms with Crippen LogP contribution in [0.3, 0.4) is 0 Å². The fourth-order valence-electron chi connectivity index (χ4n) is 2.77. The molecular formula is C16H20O3. The first-order valence-electron chi connectivity index (χ1n) is 6.66. The van der Waals surface area contributed by atoms with Gasteiger partial charge in [-0.25, -0.2) is 0 Å². The molecule has 0 saturated heterocycles. The summed E-state index contributed by atoms with van der Waals surface area (Å²) in [5.74, 6) is -0.0637. The van der Waals surface area contributed by atoms with E-state index in [1.54, 1.807) is 0 Å². The van der Waals surface area contributed by atoms with Crippen molar-refractivity contribution in [3.05, 3.63) is 42.0 Å². The number of carboxylic acids is 1. The molecule has 0 bridgehead atoms. The summed E-state index contributed by atoms with van der Waals surface area (Å²) in [6, 6.07) is 7.49. The Morgan fingerprint density at radius 1 is 1.37 bits per heavy atom. The molecule has 0 spiro atoms. The van der Waals surface area contributed by atoms with E-state index < -0.39 is 11.4 Å². The van der Waals surface area contributed by atoms with Gasteiger partial charge >= 0.3 is 5.97 Å². The van der Waals surface area contributed by atoms with Gasteiger partial charge in [-0.2, -0.15) is 0 Å². The average molecular weight is 260 g/mol. The highest BCUT2D eigenvalue weighted by atomic mass is 16.5. The summed E-state index contributed by atoms with van der Waals surface area (Å²) in [7, 11) is 0. The first-order chi connectivity index (χ1) is 9.06. The van der Waals surface area contributed by atoms with Gasteiger partial charge in [0.1, 0.15) is 12.4 Å². The van der Waals surface area contributed by atoms with Crippen LogP contribution in [0.1, 0.15) is 38.2 Å². The van der Waals surface area contributed by atoms with E-state index in [0.717, 1.165) is 24.0 Å². The van der Waals surface area contributed by atoms with E-state index >= 15 is 0 Å². The van der Waals surface area contributed by atoms with Crippen molar-refractivity contribution in [3.63, 3.8) is 0 Å². The SMILES string of the molecule is C=C(C)COc1ccccc1C1(C(=O)O)CCCC1. The van der Waals surface area contributed by atoms with Crippen LogP contribution < -0.4 is 4.74 Å². The number of ether oxygens (including phenoxy) is 1. The second kappa shape index (κ2) is 5.47. The molecule has 3 nitrogen and oxygen atoms in total.